The smallest absolute Gasteiger partial charge is 0.331 e. The second-order valence-corrected chi connectivity index (χ2v) is 5.61. The van der Waals surface area contributed by atoms with Crippen LogP contribution in [0, 0.1) is 5.41 Å². The van der Waals surface area contributed by atoms with Crippen molar-refractivity contribution in [3.05, 3.63) is 40.9 Å². The van der Waals surface area contributed by atoms with Crippen molar-refractivity contribution in [2.75, 3.05) is 6.61 Å². The summed E-state index contributed by atoms with van der Waals surface area (Å²) in [6, 6.07) is 7.08. The first kappa shape index (κ1) is 15.4. The molecule has 19 heavy (non-hydrogen) atoms. The van der Waals surface area contributed by atoms with Crippen LogP contribution in [0.4, 0.5) is 0 Å². The number of hydrogen-bond acceptors (Lipinski definition) is 3. The summed E-state index contributed by atoms with van der Waals surface area (Å²) >= 11 is 5.82. The van der Waals surface area contributed by atoms with Crippen molar-refractivity contribution < 1.29 is 14.3 Å². The molecule has 102 valence electrons. The molecule has 1 aromatic rings. The predicted molar refractivity (Wildman–Crippen MR) is 75.9 cm³/mol. The number of hydrogen-bond donors (Lipinski definition) is 0. The molecule has 3 nitrogen and oxygen atoms in total. The molecule has 1 aromatic carbocycles. The van der Waals surface area contributed by atoms with E-state index in [1.165, 1.54) is 6.08 Å². The molecule has 0 aliphatic heterocycles. The lowest BCUT2D eigenvalue weighted by atomic mass is 9.91. The highest BCUT2D eigenvalue weighted by molar-refractivity contribution is 6.30. The second kappa shape index (κ2) is 6.53. The van der Waals surface area contributed by atoms with Crippen LogP contribution < -0.4 is 0 Å². The minimum Gasteiger partial charge on any atom is -0.455 e. The largest absolute Gasteiger partial charge is 0.455 e. The van der Waals surface area contributed by atoms with Gasteiger partial charge in [0.15, 0.2) is 12.4 Å². The van der Waals surface area contributed by atoms with Gasteiger partial charge in [-0.3, -0.25) is 4.79 Å². The fraction of sp³-hybridized carbons (Fsp3) is 0.333. The van der Waals surface area contributed by atoms with Crippen LogP contribution in [-0.2, 0) is 14.3 Å². The molecule has 0 saturated carbocycles. The van der Waals surface area contributed by atoms with Gasteiger partial charge >= 0.3 is 5.97 Å². The third-order valence-electron chi connectivity index (χ3n) is 2.44. The average molecular weight is 281 g/mol. The molecular weight excluding hydrogens is 264 g/mol. The Labute approximate surface area is 118 Å². The number of rotatable bonds is 4. The number of ketones is 1. The Morgan fingerprint density at radius 3 is 2.58 bits per heavy atom. The zero-order chi connectivity index (χ0) is 14.5. The number of carbonyl (C=O) groups is 2. The third kappa shape index (κ3) is 5.71. The summed E-state index contributed by atoms with van der Waals surface area (Å²) in [4.78, 5) is 23.0. The maximum Gasteiger partial charge on any atom is 0.331 e. The molecule has 0 heterocycles. The highest BCUT2D eigenvalue weighted by Gasteiger charge is 2.21. The summed E-state index contributed by atoms with van der Waals surface area (Å²) in [6.07, 6.45) is 2.87. The zero-order valence-electron chi connectivity index (χ0n) is 11.3. The molecule has 0 fully saturated rings. The lowest BCUT2D eigenvalue weighted by Gasteiger charge is -2.15. The van der Waals surface area contributed by atoms with E-state index in [4.69, 9.17) is 16.3 Å². The van der Waals surface area contributed by atoms with Crippen molar-refractivity contribution in [3.63, 3.8) is 0 Å². The molecule has 0 aliphatic carbocycles. The third-order valence-corrected chi connectivity index (χ3v) is 2.68. The number of esters is 1. The van der Waals surface area contributed by atoms with E-state index in [1.54, 1.807) is 45.0 Å². The van der Waals surface area contributed by atoms with E-state index in [-0.39, 0.29) is 12.4 Å². The van der Waals surface area contributed by atoms with E-state index in [1.807, 2.05) is 6.07 Å². The van der Waals surface area contributed by atoms with Gasteiger partial charge < -0.3 is 4.74 Å². The van der Waals surface area contributed by atoms with E-state index < -0.39 is 11.4 Å². The van der Waals surface area contributed by atoms with E-state index in [0.29, 0.717) is 5.02 Å². The minimum absolute atomic E-state index is 0.114. The van der Waals surface area contributed by atoms with Gasteiger partial charge in [-0.05, 0) is 23.8 Å². The Morgan fingerprint density at radius 1 is 1.32 bits per heavy atom. The first-order valence-corrected chi connectivity index (χ1v) is 6.30. The van der Waals surface area contributed by atoms with Gasteiger partial charge in [0, 0.05) is 16.5 Å². The minimum atomic E-state index is -0.544. The van der Waals surface area contributed by atoms with Gasteiger partial charge in [-0.25, -0.2) is 4.79 Å². The molecule has 0 unspecified atom stereocenters. The van der Waals surface area contributed by atoms with Crippen LogP contribution in [0.25, 0.3) is 6.08 Å². The zero-order valence-corrected chi connectivity index (χ0v) is 12.0. The SMILES string of the molecule is CC(C)(C)C(=O)COC(=O)/C=C/c1cccc(Cl)c1. The van der Waals surface area contributed by atoms with Crippen LogP contribution in [0.5, 0.6) is 0 Å². The monoisotopic (exact) mass is 280 g/mol. The first-order chi connectivity index (χ1) is 8.79. The number of benzene rings is 1. The van der Waals surface area contributed by atoms with E-state index in [2.05, 4.69) is 0 Å². The van der Waals surface area contributed by atoms with Crippen LogP contribution in [0.1, 0.15) is 26.3 Å². The Bertz CT molecular complexity index is 498. The lowest BCUT2D eigenvalue weighted by molar-refractivity contribution is -0.145. The highest BCUT2D eigenvalue weighted by atomic mass is 35.5. The molecule has 0 spiro atoms. The molecule has 1 rings (SSSR count). The number of ether oxygens (including phenoxy) is 1. The Morgan fingerprint density at radius 2 is 2.00 bits per heavy atom. The lowest BCUT2D eigenvalue weighted by Crippen LogP contribution is -2.25. The molecule has 0 bridgehead atoms. The first-order valence-electron chi connectivity index (χ1n) is 5.93. The maximum absolute atomic E-state index is 11.6. The van der Waals surface area contributed by atoms with Crippen molar-refractivity contribution in [2.45, 2.75) is 20.8 Å². The predicted octanol–water partition coefficient (Wildman–Crippen LogP) is 3.51. The molecular formula is C15H17ClO3. The summed E-state index contributed by atoms with van der Waals surface area (Å²) in [5, 5.41) is 0.596. The standard InChI is InChI=1S/C15H17ClO3/c1-15(2,3)13(17)10-19-14(18)8-7-11-5-4-6-12(16)9-11/h4-9H,10H2,1-3H3/b8-7+. The fourth-order valence-electron chi connectivity index (χ4n) is 1.18. The Hall–Kier alpha value is -1.61. The summed E-state index contributed by atoms with van der Waals surface area (Å²) in [5.41, 5.74) is 0.295. The molecule has 0 atom stereocenters. The van der Waals surface area contributed by atoms with Crippen molar-refractivity contribution in [3.8, 4) is 0 Å². The molecule has 0 saturated heterocycles. The van der Waals surface area contributed by atoms with Gasteiger partial charge in [0.25, 0.3) is 0 Å². The van der Waals surface area contributed by atoms with E-state index in [9.17, 15) is 9.59 Å². The highest BCUT2D eigenvalue weighted by Crippen LogP contribution is 2.14. The van der Waals surface area contributed by atoms with Gasteiger partial charge in [0.1, 0.15) is 0 Å². The number of carbonyl (C=O) groups excluding carboxylic acids is 2. The normalized spacial score (nSPS) is 11.6. The van der Waals surface area contributed by atoms with Crippen LogP contribution in [-0.4, -0.2) is 18.4 Å². The summed E-state index contributed by atoms with van der Waals surface area (Å²) < 4.78 is 4.87. The van der Waals surface area contributed by atoms with Crippen LogP contribution in [0.3, 0.4) is 0 Å². The summed E-state index contributed by atoms with van der Waals surface area (Å²) in [7, 11) is 0. The quantitative estimate of drug-likeness (QED) is 0.626. The fourth-order valence-corrected chi connectivity index (χ4v) is 1.37. The molecule has 0 aromatic heterocycles. The molecule has 0 aliphatic rings. The van der Waals surface area contributed by atoms with Gasteiger partial charge in [0.05, 0.1) is 0 Å². The number of halogens is 1. The maximum atomic E-state index is 11.6. The molecule has 4 heteroatoms. The van der Waals surface area contributed by atoms with Gasteiger partial charge in [0.2, 0.25) is 0 Å². The van der Waals surface area contributed by atoms with Crippen LogP contribution in [0.2, 0.25) is 5.02 Å². The van der Waals surface area contributed by atoms with Gasteiger partial charge in [-0.15, -0.1) is 0 Å². The topological polar surface area (TPSA) is 43.4 Å². The van der Waals surface area contributed by atoms with Gasteiger partial charge in [-0.1, -0.05) is 44.5 Å². The van der Waals surface area contributed by atoms with Crippen LogP contribution in [0.15, 0.2) is 30.3 Å². The van der Waals surface area contributed by atoms with E-state index >= 15 is 0 Å². The van der Waals surface area contributed by atoms with Crippen molar-refractivity contribution in [1.82, 2.24) is 0 Å². The van der Waals surface area contributed by atoms with E-state index in [0.717, 1.165) is 5.56 Å². The van der Waals surface area contributed by atoms with Crippen molar-refractivity contribution in [2.24, 2.45) is 5.41 Å². The van der Waals surface area contributed by atoms with Crippen molar-refractivity contribution >= 4 is 29.4 Å². The summed E-state index contributed by atoms with van der Waals surface area (Å²) in [6.45, 7) is 5.14. The van der Waals surface area contributed by atoms with Crippen LogP contribution >= 0.6 is 11.6 Å². The Balaban J connectivity index is 2.50. The Kier molecular flexibility index (Phi) is 5.31. The van der Waals surface area contributed by atoms with Crippen molar-refractivity contribution in [1.29, 1.82) is 0 Å². The summed E-state index contributed by atoms with van der Waals surface area (Å²) in [5.74, 6) is -0.658. The molecule has 0 radical (unpaired) electrons. The average Bonchev–Trinajstić information content (AvgIpc) is 2.32. The second-order valence-electron chi connectivity index (χ2n) is 5.17. The number of Topliss-reactive ketones (excluding diaryl/α,β-unsaturated/α-hetero) is 1. The molecule has 0 amide bonds. The van der Waals surface area contributed by atoms with Gasteiger partial charge in [-0.2, -0.15) is 0 Å². The molecule has 0 N–H and O–H groups in total.